The number of anilines is 1. The number of benzene rings is 1. The fourth-order valence-corrected chi connectivity index (χ4v) is 1.48. The lowest BCUT2D eigenvalue weighted by Crippen LogP contribution is -2.15. The van der Waals surface area contributed by atoms with Crippen LogP contribution in [0.1, 0.15) is 11.4 Å². The predicted molar refractivity (Wildman–Crippen MR) is 64.8 cm³/mol. The summed E-state index contributed by atoms with van der Waals surface area (Å²) in [6.45, 7) is 2.02. The maximum absolute atomic E-state index is 11.1. The van der Waals surface area contributed by atoms with E-state index in [2.05, 4.69) is 9.97 Å². The molecule has 0 saturated heterocycles. The molecule has 0 aliphatic rings. The summed E-state index contributed by atoms with van der Waals surface area (Å²) in [4.78, 5) is 17.5. The van der Waals surface area contributed by atoms with Gasteiger partial charge in [0.15, 0.2) is 0 Å². The summed E-state index contributed by atoms with van der Waals surface area (Å²) in [6, 6.07) is 8.96. The van der Waals surface area contributed by atoms with E-state index in [9.17, 15) is 4.79 Å². The second-order valence-corrected chi connectivity index (χ2v) is 3.69. The van der Waals surface area contributed by atoms with Gasteiger partial charge in [-0.25, -0.2) is 4.79 Å². The molecule has 0 fully saturated rings. The quantitative estimate of drug-likeness (QED) is 0.779. The number of aryl methyl sites for hydroxylation is 1. The van der Waals surface area contributed by atoms with Crippen LogP contribution in [0.2, 0.25) is 0 Å². The van der Waals surface area contributed by atoms with Crippen molar-refractivity contribution >= 4 is 5.69 Å². The molecule has 0 aliphatic heterocycles. The molecule has 3 N–H and O–H groups in total. The summed E-state index contributed by atoms with van der Waals surface area (Å²) >= 11 is 0. The maximum atomic E-state index is 11.1. The summed E-state index contributed by atoms with van der Waals surface area (Å²) in [5.41, 5.74) is 7.26. The van der Waals surface area contributed by atoms with Crippen LogP contribution in [-0.2, 0) is 6.61 Å². The molecule has 2 rings (SSSR count). The number of nitrogens with zero attached hydrogens (tertiary/aromatic N) is 1. The second kappa shape index (κ2) is 4.69. The van der Waals surface area contributed by atoms with Crippen LogP contribution in [0.4, 0.5) is 5.69 Å². The van der Waals surface area contributed by atoms with Gasteiger partial charge < -0.3 is 15.5 Å². The van der Waals surface area contributed by atoms with E-state index >= 15 is 0 Å². The molecule has 0 amide bonds. The Morgan fingerprint density at radius 3 is 2.88 bits per heavy atom. The Balaban J connectivity index is 2.13. The molecule has 1 aromatic carbocycles. The topological polar surface area (TPSA) is 81.0 Å². The molecule has 0 atom stereocenters. The van der Waals surface area contributed by atoms with Gasteiger partial charge in [0, 0.05) is 5.69 Å². The Labute approximate surface area is 98.3 Å². The Kier molecular flexibility index (Phi) is 3.09. The predicted octanol–water partition coefficient (Wildman–Crippen LogP) is 1.24. The summed E-state index contributed by atoms with van der Waals surface area (Å²) in [7, 11) is 0. The zero-order valence-corrected chi connectivity index (χ0v) is 9.43. The molecule has 5 heteroatoms. The summed E-state index contributed by atoms with van der Waals surface area (Å²) < 4.78 is 5.49. The van der Waals surface area contributed by atoms with Crippen LogP contribution in [0.5, 0.6) is 5.75 Å². The number of hydrogen-bond donors (Lipinski definition) is 2. The average Bonchev–Trinajstić information content (AvgIpc) is 2.27. The summed E-state index contributed by atoms with van der Waals surface area (Å²) in [5, 5.41) is 0. The number of para-hydroxylation sites is 2. The number of hydrogen-bond acceptors (Lipinski definition) is 4. The molecule has 1 heterocycles. The van der Waals surface area contributed by atoms with Crippen molar-refractivity contribution in [2.75, 3.05) is 5.73 Å². The number of rotatable bonds is 3. The molecule has 0 bridgehead atoms. The van der Waals surface area contributed by atoms with Gasteiger partial charge in [-0.2, -0.15) is 4.98 Å². The first-order valence-corrected chi connectivity index (χ1v) is 5.19. The normalized spacial score (nSPS) is 10.2. The number of nitrogens with two attached hydrogens (primary N) is 1. The van der Waals surface area contributed by atoms with Crippen molar-refractivity contribution in [3.63, 3.8) is 0 Å². The Morgan fingerprint density at radius 2 is 2.18 bits per heavy atom. The van der Waals surface area contributed by atoms with Gasteiger partial charge in [-0.3, -0.25) is 0 Å². The first-order chi connectivity index (χ1) is 8.15. The number of aromatic amines is 1. The van der Waals surface area contributed by atoms with Crippen LogP contribution in [0.15, 0.2) is 35.1 Å². The van der Waals surface area contributed by atoms with Crippen LogP contribution in [0.25, 0.3) is 0 Å². The van der Waals surface area contributed by atoms with Gasteiger partial charge in [-0.1, -0.05) is 12.1 Å². The van der Waals surface area contributed by atoms with E-state index in [1.165, 1.54) is 0 Å². The number of ether oxygens (including phenoxy) is 1. The van der Waals surface area contributed by atoms with Crippen molar-refractivity contribution in [1.29, 1.82) is 0 Å². The Hall–Kier alpha value is -2.30. The molecule has 17 heavy (non-hydrogen) atoms. The first kappa shape index (κ1) is 11.2. The lowest BCUT2D eigenvalue weighted by Gasteiger charge is -2.07. The zero-order valence-electron chi connectivity index (χ0n) is 9.43. The van der Waals surface area contributed by atoms with E-state index in [-0.39, 0.29) is 12.3 Å². The van der Waals surface area contributed by atoms with Crippen molar-refractivity contribution < 1.29 is 4.74 Å². The molecular weight excluding hydrogens is 218 g/mol. The SMILES string of the molecule is Cc1cc(COc2ccccc2N)nc(=O)[nH]1. The van der Waals surface area contributed by atoms with Crippen LogP contribution >= 0.6 is 0 Å². The highest BCUT2D eigenvalue weighted by atomic mass is 16.5. The lowest BCUT2D eigenvalue weighted by molar-refractivity contribution is 0.302. The average molecular weight is 231 g/mol. The molecule has 0 unspecified atom stereocenters. The van der Waals surface area contributed by atoms with Crippen LogP contribution in [0, 0.1) is 6.92 Å². The van der Waals surface area contributed by atoms with Gasteiger partial charge in [-0.05, 0) is 25.1 Å². The van der Waals surface area contributed by atoms with Gasteiger partial charge in [0.05, 0.1) is 11.4 Å². The molecule has 1 aromatic heterocycles. The third-order valence-electron chi connectivity index (χ3n) is 2.23. The van der Waals surface area contributed by atoms with Crippen LogP contribution < -0.4 is 16.2 Å². The van der Waals surface area contributed by atoms with Crippen LogP contribution in [0.3, 0.4) is 0 Å². The minimum Gasteiger partial charge on any atom is -0.485 e. The smallest absolute Gasteiger partial charge is 0.345 e. The van der Waals surface area contributed by atoms with Crippen molar-refractivity contribution in [2.45, 2.75) is 13.5 Å². The van der Waals surface area contributed by atoms with Crippen LogP contribution in [-0.4, -0.2) is 9.97 Å². The first-order valence-electron chi connectivity index (χ1n) is 5.19. The number of aromatic nitrogens is 2. The Bertz CT molecular complexity index is 578. The molecule has 0 saturated carbocycles. The molecule has 0 aliphatic carbocycles. The van der Waals surface area contributed by atoms with E-state index in [0.29, 0.717) is 17.1 Å². The minimum atomic E-state index is -0.371. The third kappa shape index (κ3) is 2.84. The van der Waals surface area contributed by atoms with Crippen molar-refractivity contribution in [2.24, 2.45) is 0 Å². The van der Waals surface area contributed by atoms with Gasteiger partial charge in [0.2, 0.25) is 0 Å². The highest BCUT2D eigenvalue weighted by molar-refractivity contribution is 5.51. The lowest BCUT2D eigenvalue weighted by atomic mass is 10.3. The van der Waals surface area contributed by atoms with E-state index in [1.54, 1.807) is 25.1 Å². The summed E-state index contributed by atoms with van der Waals surface area (Å²) in [6.07, 6.45) is 0. The fourth-order valence-electron chi connectivity index (χ4n) is 1.48. The third-order valence-corrected chi connectivity index (χ3v) is 2.23. The van der Waals surface area contributed by atoms with Gasteiger partial charge in [0.1, 0.15) is 12.4 Å². The molecular formula is C12H13N3O2. The van der Waals surface area contributed by atoms with Gasteiger partial charge in [-0.15, -0.1) is 0 Å². The van der Waals surface area contributed by atoms with E-state index in [1.807, 2.05) is 12.1 Å². The molecule has 2 aromatic rings. The standard InChI is InChI=1S/C12H13N3O2/c1-8-6-9(15-12(16)14-8)7-17-11-5-3-2-4-10(11)13/h2-6H,7,13H2,1H3,(H,14,15,16). The monoisotopic (exact) mass is 231 g/mol. The van der Waals surface area contributed by atoms with E-state index < -0.39 is 0 Å². The molecule has 5 nitrogen and oxygen atoms in total. The number of nitrogen functional groups attached to an aromatic ring is 1. The van der Waals surface area contributed by atoms with Crippen molar-refractivity contribution in [3.05, 3.63) is 52.2 Å². The van der Waals surface area contributed by atoms with Gasteiger partial charge >= 0.3 is 5.69 Å². The highest BCUT2D eigenvalue weighted by Crippen LogP contribution is 2.20. The second-order valence-electron chi connectivity index (χ2n) is 3.69. The Morgan fingerprint density at radius 1 is 1.41 bits per heavy atom. The minimum absolute atomic E-state index is 0.221. The van der Waals surface area contributed by atoms with E-state index in [4.69, 9.17) is 10.5 Å². The maximum Gasteiger partial charge on any atom is 0.345 e. The molecule has 88 valence electrons. The number of H-pyrrole nitrogens is 1. The zero-order chi connectivity index (χ0) is 12.3. The summed E-state index contributed by atoms with van der Waals surface area (Å²) in [5.74, 6) is 0.590. The fraction of sp³-hybridized carbons (Fsp3) is 0.167. The molecule has 0 radical (unpaired) electrons. The largest absolute Gasteiger partial charge is 0.485 e. The van der Waals surface area contributed by atoms with Crippen molar-refractivity contribution in [3.8, 4) is 5.75 Å². The van der Waals surface area contributed by atoms with Crippen molar-refractivity contribution in [1.82, 2.24) is 9.97 Å². The number of nitrogens with one attached hydrogen (secondary N) is 1. The van der Waals surface area contributed by atoms with Gasteiger partial charge in [0.25, 0.3) is 0 Å². The highest BCUT2D eigenvalue weighted by Gasteiger charge is 2.02. The van der Waals surface area contributed by atoms with E-state index in [0.717, 1.165) is 5.69 Å². The molecule has 0 spiro atoms.